The van der Waals surface area contributed by atoms with E-state index in [0.29, 0.717) is 28.6 Å². The normalized spacial score (nSPS) is 15.3. The Morgan fingerprint density at radius 3 is 2.34 bits per heavy atom. The van der Waals surface area contributed by atoms with Gasteiger partial charge in [0.05, 0.1) is 27.2 Å². The molecule has 0 bridgehead atoms. The number of rotatable bonds is 8. The molecule has 0 radical (unpaired) electrons. The van der Waals surface area contributed by atoms with Crippen LogP contribution < -0.4 is 29.7 Å². The van der Waals surface area contributed by atoms with Gasteiger partial charge in [0.1, 0.15) is 0 Å². The van der Waals surface area contributed by atoms with Crippen LogP contribution in [0.3, 0.4) is 0 Å². The second-order valence-electron chi connectivity index (χ2n) is 7.39. The Balaban J connectivity index is 1.66. The first-order valence-corrected chi connectivity index (χ1v) is 10.1. The zero-order valence-corrected chi connectivity index (χ0v) is 18.6. The Morgan fingerprint density at radius 1 is 1.06 bits per heavy atom. The van der Waals surface area contributed by atoms with Crippen molar-refractivity contribution in [3.63, 3.8) is 0 Å². The Morgan fingerprint density at radius 2 is 1.75 bits per heavy atom. The van der Waals surface area contributed by atoms with E-state index in [2.05, 4.69) is 10.6 Å². The van der Waals surface area contributed by atoms with Gasteiger partial charge in [-0.05, 0) is 35.9 Å². The molecule has 3 rings (SSSR count). The summed E-state index contributed by atoms with van der Waals surface area (Å²) < 4.78 is 16.0. The Kier molecular flexibility index (Phi) is 7.19. The second-order valence-corrected chi connectivity index (χ2v) is 7.39. The molecule has 1 atom stereocenters. The predicted molar refractivity (Wildman–Crippen MR) is 119 cm³/mol. The summed E-state index contributed by atoms with van der Waals surface area (Å²) in [7, 11) is 4.58. The lowest BCUT2D eigenvalue weighted by atomic mass is 10.1. The molecule has 3 amide bonds. The highest BCUT2D eigenvalue weighted by atomic mass is 16.5. The average molecular weight is 441 g/mol. The standard InChI is InChI=1S/C23H27N3O6/c1-14(27)25-17-6-5-7-18(11-17)26-13-16(10-21(26)28)23(29)24-12-15-8-19(30-2)22(32-4)20(9-15)31-3/h5-9,11,16H,10,12-13H2,1-4H3,(H,24,29)(H,25,27)/t16-/m1/s1. The van der Waals surface area contributed by atoms with Crippen molar-refractivity contribution < 1.29 is 28.6 Å². The van der Waals surface area contributed by atoms with Crippen molar-refractivity contribution in [2.75, 3.05) is 38.1 Å². The van der Waals surface area contributed by atoms with Crippen LogP contribution in [0.25, 0.3) is 0 Å². The van der Waals surface area contributed by atoms with Gasteiger partial charge in [0, 0.05) is 37.8 Å². The summed E-state index contributed by atoms with van der Waals surface area (Å²) in [6.45, 7) is 1.93. The number of methoxy groups -OCH3 is 3. The highest BCUT2D eigenvalue weighted by molar-refractivity contribution is 6.01. The lowest BCUT2D eigenvalue weighted by Crippen LogP contribution is -2.32. The van der Waals surface area contributed by atoms with E-state index < -0.39 is 5.92 Å². The van der Waals surface area contributed by atoms with Gasteiger partial charge in [-0.3, -0.25) is 14.4 Å². The van der Waals surface area contributed by atoms with Gasteiger partial charge in [0.2, 0.25) is 23.5 Å². The van der Waals surface area contributed by atoms with Crippen molar-refractivity contribution in [3.8, 4) is 17.2 Å². The summed E-state index contributed by atoms with van der Waals surface area (Å²) in [6.07, 6.45) is 0.117. The molecule has 2 N–H and O–H groups in total. The lowest BCUT2D eigenvalue weighted by molar-refractivity contribution is -0.126. The Bertz CT molecular complexity index is 998. The first-order chi connectivity index (χ1) is 15.4. The van der Waals surface area contributed by atoms with Gasteiger partial charge in [-0.1, -0.05) is 6.07 Å². The zero-order valence-electron chi connectivity index (χ0n) is 18.6. The molecule has 1 saturated heterocycles. The van der Waals surface area contributed by atoms with Crippen LogP contribution in [0.4, 0.5) is 11.4 Å². The minimum Gasteiger partial charge on any atom is -0.493 e. The molecule has 170 valence electrons. The van der Waals surface area contributed by atoms with E-state index in [-0.39, 0.29) is 37.2 Å². The molecular formula is C23H27N3O6. The number of nitrogens with one attached hydrogen (secondary N) is 2. The van der Waals surface area contributed by atoms with Crippen LogP contribution in [0, 0.1) is 5.92 Å². The van der Waals surface area contributed by atoms with Gasteiger partial charge in [-0.2, -0.15) is 0 Å². The number of carbonyl (C=O) groups excluding carboxylic acids is 3. The molecule has 9 heteroatoms. The summed E-state index contributed by atoms with van der Waals surface area (Å²) in [5.74, 6) is 0.441. The van der Waals surface area contributed by atoms with Gasteiger partial charge in [-0.15, -0.1) is 0 Å². The molecule has 32 heavy (non-hydrogen) atoms. The topological polar surface area (TPSA) is 106 Å². The fourth-order valence-corrected chi connectivity index (χ4v) is 3.66. The van der Waals surface area contributed by atoms with Gasteiger partial charge in [0.25, 0.3) is 0 Å². The van der Waals surface area contributed by atoms with Crippen LogP contribution in [0.1, 0.15) is 18.9 Å². The van der Waals surface area contributed by atoms with E-state index in [1.165, 1.54) is 28.3 Å². The number of amides is 3. The quantitative estimate of drug-likeness (QED) is 0.651. The predicted octanol–water partition coefficient (Wildman–Crippen LogP) is 2.34. The molecule has 0 unspecified atom stereocenters. The number of anilines is 2. The maximum absolute atomic E-state index is 12.8. The third-order valence-corrected chi connectivity index (χ3v) is 5.17. The van der Waals surface area contributed by atoms with Crippen LogP contribution >= 0.6 is 0 Å². The average Bonchev–Trinajstić information content (AvgIpc) is 3.18. The third kappa shape index (κ3) is 5.11. The molecule has 2 aromatic rings. The summed E-state index contributed by atoms with van der Waals surface area (Å²) in [4.78, 5) is 38.2. The van der Waals surface area contributed by atoms with Crippen LogP contribution in [-0.4, -0.2) is 45.6 Å². The fourth-order valence-electron chi connectivity index (χ4n) is 3.66. The minimum atomic E-state index is -0.478. The molecule has 1 aliphatic heterocycles. The van der Waals surface area contributed by atoms with Crippen LogP contribution in [0.15, 0.2) is 36.4 Å². The molecule has 1 heterocycles. The number of ether oxygens (including phenoxy) is 3. The molecule has 1 fully saturated rings. The maximum atomic E-state index is 12.8. The van der Waals surface area contributed by atoms with E-state index >= 15 is 0 Å². The van der Waals surface area contributed by atoms with Crippen LogP contribution in [0.2, 0.25) is 0 Å². The summed E-state index contributed by atoms with van der Waals surface area (Å²) >= 11 is 0. The van der Waals surface area contributed by atoms with Crippen molar-refractivity contribution >= 4 is 29.1 Å². The molecule has 0 aliphatic carbocycles. The zero-order chi connectivity index (χ0) is 23.3. The van der Waals surface area contributed by atoms with E-state index in [1.54, 1.807) is 41.3 Å². The highest BCUT2D eigenvalue weighted by Gasteiger charge is 2.35. The third-order valence-electron chi connectivity index (χ3n) is 5.17. The lowest BCUT2D eigenvalue weighted by Gasteiger charge is -2.18. The monoisotopic (exact) mass is 441 g/mol. The van der Waals surface area contributed by atoms with E-state index in [9.17, 15) is 14.4 Å². The molecule has 0 saturated carbocycles. The van der Waals surface area contributed by atoms with Crippen molar-refractivity contribution in [1.82, 2.24) is 5.32 Å². The Hall–Kier alpha value is -3.75. The molecule has 0 spiro atoms. The Labute approximate surface area is 186 Å². The van der Waals surface area contributed by atoms with E-state index in [1.807, 2.05) is 0 Å². The molecule has 0 aromatic heterocycles. The first-order valence-electron chi connectivity index (χ1n) is 10.1. The van der Waals surface area contributed by atoms with Crippen molar-refractivity contribution in [3.05, 3.63) is 42.0 Å². The molecular weight excluding hydrogens is 414 g/mol. The number of nitrogens with zero attached hydrogens (tertiary/aromatic N) is 1. The molecule has 1 aliphatic rings. The van der Waals surface area contributed by atoms with Crippen molar-refractivity contribution in [2.24, 2.45) is 5.92 Å². The number of benzene rings is 2. The van der Waals surface area contributed by atoms with Gasteiger partial charge in [-0.25, -0.2) is 0 Å². The first kappa shape index (κ1) is 22.9. The SMILES string of the molecule is COc1cc(CNC(=O)[C@@H]2CC(=O)N(c3cccc(NC(C)=O)c3)C2)cc(OC)c1OC. The highest BCUT2D eigenvalue weighted by Crippen LogP contribution is 2.38. The molecule has 2 aromatic carbocycles. The number of hydrogen-bond donors (Lipinski definition) is 2. The molecule has 9 nitrogen and oxygen atoms in total. The summed E-state index contributed by atoms with van der Waals surface area (Å²) in [6, 6.07) is 10.5. The van der Waals surface area contributed by atoms with Crippen LogP contribution in [-0.2, 0) is 20.9 Å². The summed E-state index contributed by atoms with van der Waals surface area (Å²) in [5, 5.41) is 5.58. The number of carbonyl (C=O) groups is 3. The van der Waals surface area contributed by atoms with E-state index in [0.717, 1.165) is 5.56 Å². The van der Waals surface area contributed by atoms with Crippen molar-refractivity contribution in [2.45, 2.75) is 19.9 Å². The minimum absolute atomic E-state index is 0.117. The maximum Gasteiger partial charge on any atom is 0.227 e. The largest absolute Gasteiger partial charge is 0.493 e. The summed E-state index contributed by atoms with van der Waals surface area (Å²) in [5.41, 5.74) is 2.01. The van der Waals surface area contributed by atoms with Crippen LogP contribution in [0.5, 0.6) is 17.2 Å². The smallest absolute Gasteiger partial charge is 0.227 e. The van der Waals surface area contributed by atoms with Gasteiger partial charge >= 0.3 is 0 Å². The second kappa shape index (κ2) is 10.0. The van der Waals surface area contributed by atoms with Crippen molar-refractivity contribution in [1.29, 1.82) is 0 Å². The van der Waals surface area contributed by atoms with Gasteiger partial charge in [0.15, 0.2) is 11.5 Å². The fraction of sp³-hybridized carbons (Fsp3) is 0.348. The van der Waals surface area contributed by atoms with E-state index in [4.69, 9.17) is 14.2 Å². The van der Waals surface area contributed by atoms with Gasteiger partial charge < -0.3 is 29.7 Å². The number of hydrogen-bond acceptors (Lipinski definition) is 6.